The van der Waals surface area contributed by atoms with E-state index in [9.17, 15) is 0 Å². The Morgan fingerprint density at radius 1 is 1.23 bits per heavy atom. The van der Waals surface area contributed by atoms with Gasteiger partial charge >= 0.3 is 5.97 Å². The number of aromatic hydroxyl groups is 1. The number of benzene rings is 1. The minimum atomic E-state index is -2.25. The Morgan fingerprint density at radius 3 is 2.77 bits per heavy atom. The van der Waals surface area contributed by atoms with Gasteiger partial charge in [-0.1, -0.05) is 0 Å². The van der Waals surface area contributed by atoms with Crippen LogP contribution in [0.4, 0.5) is 0 Å². The maximum absolute atomic E-state index is 9.10. The summed E-state index contributed by atoms with van der Waals surface area (Å²) in [5.74, 6) is -1.81. The monoisotopic (exact) mass is 180 g/mol. The van der Waals surface area contributed by atoms with Crippen molar-refractivity contribution in [3.8, 4) is 11.5 Å². The second kappa shape index (κ2) is 2.48. The summed E-state index contributed by atoms with van der Waals surface area (Å²) in [5, 5.41) is 27.3. The van der Waals surface area contributed by atoms with Gasteiger partial charge in [-0.05, 0) is 24.3 Å². The molecule has 0 aromatic heterocycles. The first-order chi connectivity index (χ1) is 6.07. The molecule has 0 aliphatic carbocycles. The summed E-state index contributed by atoms with van der Waals surface area (Å²) in [6.45, 7) is 0. The van der Waals surface area contributed by atoms with Crippen molar-refractivity contribution in [2.45, 2.75) is 5.97 Å². The summed E-state index contributed by atoms with van der Waals surface area (Å²) >= 11 is 0. The molecule has 0 amide bonds. The van der Waals surface area contributed by atoms with Gasteiger partial charge in [-0.25, -0.2) is 0 Å². The molecule has 2 rings (SSSR count). The third-order valence-corrected chi connectivity index (χ3v) is 1.73. The van der Waals surface area contributed by atoms with Crippen LogP contribution in [-0.4, -0.2) is 21.3 Å². The second-order valence-electron chi connectivity index (χ2n) is 2.82. The van der Waals surface area contributed by atoms with E-state index in [4.69, 9.17) is 20.1 Å². The molecule has 3 N–H and O–H groups in total. The van der Waals surface area contributed by atoms with Crippen molar-refractivity contribution >= 4 is 6.08 Å². The molecule has 0 bridgehead atoms. The summed E-state index contributed by atoms with van der Waals surface area (Å²) in [4.78, 5) is 0. The Kier molecular flexibility index (Phi) is 1.55. The van der Waals surface area contributed by atoms with Gasteiger partial charge < -0.3 is 20.1 Å². The molecule has 0 atom stereocenters. The van der Waals surface area contributed by atoms with Crippen molar-refractivity contribution in [2.75, 3.05) is 0 Å². The number of rotatable bonds is 0. The first-order valence-corrected chi connectivity index (χ1v) is 3.73. The van der Waals surface area contributed by atoms with Crippen molar-refractivity contribution in [1.82, 2.24) is 0 Å². The number of aliphatic hydroxyl groups is 2. The SMILES string of the molecule is Oc1ccc2c(c1)C=CC(O)(O)O2. The third-order valence-electron chi connectivity index (χ3n) is 1.73. The predicted molar refractivity (Wildman–Crippen MR) is 44.9 cm³/mol. The smallest absolute Gasteiger partial charge is 0.344 e. The zero-order valence-corrected chi connectivity index (χ0v) is 6.64. The zero-order chi connectivity index (χ0) is 9.47. The number of hydrogen-bond acceptors (Lipinski definition) is 4. The molecule has 4 heteroatoms. The summed E-state index contributed by atoms with van der Waals surface area (Å²) in [7, 11) is 0. The highest BCUT2D eigenvalue weighted by Gasteiger charge is 2.26. The molecule has 0 unspecified atom stereocenters. The number of phenolic OH excluding ortho intramolecular Hbond substituents is 1. The van der Waals surface area contributed by atoms with Crippen LogP contribution in [0.2, 0.25) is 0 Å². The van der Waals surface area contributed by atoms with Gasteiger partial charge in [0.2, 0.25) is 0 Å². The van der Waals surface area contributed by atoms with Crippen molar-refractivity contribution in [3.05, 3.63) is 29.8 Å². The molecular formula is C9H8O4. The second-order valence-corrected chi connectivity index (χ2v) is 2.82. The molecular weight excluding hydrogens is 172 g/mol. The summed E-state index contributed by atoms with van der Waals surface area (Å²) in [6.07, 6.45) is 2.56. The van der Waals surface area contributed by atoms with Crippen molar-refractivity contribution in [1.29, 1.82) is 0 Å². The molecule has 13 heavy (non-hydrogen) atoms. The number of hydrogen-bond donors (Lipinski definition) is 3. The molecule has 1 aromatic rings. The van der Waals surface area contributed by atoms with E-state index in [2.05, 4.69) is 0 Å². The lowest BCUT2D eigenvalue weighted by Crippen LogP contribution is -2.34. The Morgan fingerprint density at radius 2 is 2.00 bits per heavy atom. The van der Waals surface area contributed by atoms with Gasteiger partial charge in [0, 0.05) is 11.6 Å². The minimum Gasteiger partial charge on any atom is -0.508 e. The van der Waals surface area contributed by atoms with E-state index in [-0.39, 0.29) is 5.75 Å². The van der Waals surface area contributed by atoms with Crippen LogP contribution in [0.5, 0.6) is 11.5 Å². The van der Waals surface area contributed by atoms with Gasteiger partial charge in [-0.2, -0.15) is 0 Å². The van der Waals surface area contributed by atoms with Crippen molar-refractivity contribution < 1.29 is 20.1 Å². The lowest BCUT2D eigenvalue weighted by atomic mass is 10.1. The van der Waals surface area contributed by atoms with Gasteiger partial charge in [0.25, 0.3) is 0 Å². The summed E-state index contributed by atoms with van der Waals surface area (Å²) in [6, 6.07) is 4.35. The Hall–Kier alpha value is -1.52. The van der Waals surface area contributed by atoms with Crippen LogP contribution in [0.25, 0.3) is 6.08 Å². The van der Waals surface area contributed by atoms with E-state index in [0.29, 0.717) is 11.3 Å². The molecule has 4 nitrogen and oxygen atoms in total. The Labute approximate surface area is 74.3 Å². The highest BCUT2D eigenvalue weighted by atomic mass is 16.8. The highest BCUT2D eigenvalue weighted by molar-refractivity contribution is 5.61. The van der Waals surface area contributed by atoms with E-state index in [1.165, 1.54) is 24.3 Å². The van der Waals surface area contributed by atoms with Gasteiger partial charge in [0.15, 0.2) is 0 Å². The number of ether oxygens (including phenoxy) is 1. The minimum absolute atomic E-state index is 0.107. The summed E-state index contributed by atoms with van der Waals surface area (Å²) in [5.41, 5.74) is 0.610. The van der Waals surface area contributed by atoms with Crippen LogP contribution in [0, 0.1) is 0 Å². The van der Waals surface area contributed by atoms with Gasteiger partial charge in [0.1, 0.15) is 11.5 Å². The molecule has 68 valence electrons. The first kappa shape index (κ1) is 8.10. The average Bonchev–Trinajstić information content (AvgIpc) is 2.05. The molecule has 1 aliphatic rings. The molecule has 0 fully saturated rings. The van der Waals surface area contributed by atoms with Crippen molar-refractivity contribution in [2.24, 2.45) is 0 Å². The first-order valence-electron chi connectivity index (χ1n) is 3.73. The highest BCUT2D eigenvalue weighted by Crippen LogP contribution is 2.30. The van der Waals surface area contributed by atoms with Crippen LogP contribution < -0.4 is 4.74 Å². The molecule has 0 radical (unpaired) electrons. The van der Waals surface area contributed by atoms with Crippen LogP contribution in [-0.2, 0) is 0 Å². The van der Waals surface area contributed by atoms with E-state index >= 15 is 0 Å². The van der Waals surface area contributed by atoms with Crippen LogP contribution in [0.15, 0.2) is 24.3 Å². The molecule has 1 aromatic carbocycles. The largest absolute Gasteiger partial charge is 0.508 e. The molecule has 0 spiro atoms. The quantitative estimate of drug-likeness (QED) is 0.506. The van der Waals surface area contributed by atoms with Gasteiger partial charge in [-0.3, -0.25) is 0 Å². The normalized spacial score (nSPS) is 17.7. The summed E-state index contributed by atoms with van der Waals surface area (Å²) < 4.78 is 4.79. The van der Waals surface area contributed by atoms with E-state index in [1.54, 1.807) is 0 Å². The van der Waals surface area contributed by atoms with E-state index in [0.717, 1.165) is 6.08 Å². The molecule has 1 heterocycles. The fourth-order valence-corrected chi connectivity index (χ4v) is 1.15. The fraction of sp³-hybridized carbons (Fsp3) is 0.111. The molecule has 0 saturated carbocycles. The average molecular weight is 180 g/mol. The standard InChI is InChI=1S/C9H8O4/c10-7-1-2-8-6(5-7)3-4-9(11,12)13-8/h1-5,10-12H. The van der Waals surface area contributed by atoms with Crippen LogP contribution in [0.3, 0.4) is 0 Å². The molecule has 1 aliphatic heterocycles. The zero-order valence-electron chi connectivity index (χ0n) is 6.64. The number of fused-ring (bicyclic) bond motifs is 1. The Balaban J connectivity index is 2.47. The Bertz CT molecular complexity index is 368. The third kappa shape index (κ3) is 1.49. The van der Waals surface area contributed by atoms with Crippen LogP contribution >= 0.6 is 0 Å². The van der Waals surface area contributed by atoms with E-state index < -0.39 is 5.97 Å². The van der Waals surface area contributed by atoms with Gasteiger partial charge in [-0.15, -0.1) is 0 Å². The van der Waals surface area contributed by atoms with Gasteiger partial charge in [0.05, 0.1) is 0 Å². The topological polar surface area (TPSA) is 69.9 Å². The number of phenols is 1. The maximum Gasteiger partial charge on any atom is 0.344 e. The van der Waals surface area contributed by atoms with Crippen molar-refractivity contribution in [3.63, 3.8) is 0 Å². The van der Waals surface area contributed by atoms with E-state index in [1.807, 2.05) is 0 Å². The maximum atomic E-state index is 9.10. The lowest BCUT2D eigenvalue weighted by molar-refractivity contribution is -0.254. The molecule has 0 saturated heterocycles. The predicted octanol–water partition coefficient (Wildman–Crippen LogP) is 0.436. The van der Waals surface area contributed by atoms with Crippen LogP contribution in [0.1, 0.15) is 5.56 Å². The fourth-order valence-electron chi connectivity index (χ4n) is 1.15. The lowest BCUT2D eigenvalue weighted by Gasteiger charge is -2.23.